The molecule has 3 aromatic rings. The van der Waals surface area contributed by atoms with Crippen LogP contribution in [-0.4, -0.2) is 35.1 Å². The van der Waals surface area contributed by atoms with E-state index in [1.807, 2.05) is 25.1 Å². The first-order chi connectivity index (χ1) is 12.5. The molecule has 8 heteroatoms. The topological polar surface area (TPSA) is 86.9 Å². The molecule has 134 valence electrons. The third-order valence-electron chi connectivity index (χ3n) is 3.81. The lowest BCUT2D eigenvalue weighted by Crippen LogP contribution is -2.34. The molecule has 0 aliphatic heterocycles. The molecule has 0 bridgehead atoms. The Hall–Kier alpha value is -2.57. The molecule has 0 atom stereocenters. The number of hydrogen-bond acceptors (Lipinski definition) is 3. The minimum absolute atomic E-state index is 0.270. The number of carbonyl (C=O) groups is 2. The molecule has 0 saturated heterocycles. The molecule has 6 nitrogen and oxygen atoms in total. The first-order valence-corrected chi connectivity index (χ1v) is 8.67. The van der Waals surface area contributed by atoms with E-state index in [0.717, 1.165) is 16.5 Å². The average Bonchev–Trinajstić information content (AvgIpc) is 3.03. The Labute approximate surface area is 159 Å². The second kappa shape index (κ2) is 7.76. The van der Waals surface area contributed by atoms with Crippen molar-refractivity contribution in [2.24, 2.45) is 0 Å². The summed E-state index contributed by atoms with van der Waals surface area (Å²) >= 11 is 11.7. The summed E-state index contributed by atoms with van der Waals surface area (Å²) in [5, 5.41) is 13.8. The number of halogens is 2. The van der Waals surface area contributed by atoms with Crippen LogP contribution >= 0.6 is 23.2 Å². The van der Waals surface area contributed by atoms with Crippen LogP contribution in [0.15, 0.2) is 36.4 Å². The van der Waals surface area contributed by atoms with Crippen molar-refractivity contribution in [2.45, 2.75) is 6.92 Å². The first-order valence-electron chi connectivity index (χ1n) is 7.92. The third-order valence-corrected chi connectivity index (χ3v) is 4.55. The smallest absolute Gasteiger partial charge is 0.272 e. The molecule has 0 spiro atoms. The molecular formula is C18H16Cl2N4O2. The summed E-state index contributed by atoms with van der Waals surface area (Å²) < 4.78 is 0. The summed E-state index contributed by atoms with van der Waals surface area (Å²) in [5.74, 6) is -0.593. The van der Waals surface area contributed by atoms with Crippen LogP contribution in [0.5, 0.6) is 0 Å². The van der Waals surface area contributed by atoms with Crippen LogP contribution in [0, 0.1) is 6.92 Å². The molecule has 0 aliphatic carbocycles. The van der Waals surface area contributed by atoms with E-state index in [1.165, 1.54) is 6.07 Å². The van der Waals surface area contributed by atoms with Gasteiger partial charge in [0.2, 0.25) is 0 Å². The molecule has 0 aliphatic rings. The minimum atomic E-state index is -0.300. The molecule has 0 fully saturated rings. The van der Waals surface area contributed by atoms with Gasteiger partial charge in [-0.1, -0.05) is 34.8 Å². The number of aromatic amines is 1. The number of hydrogen-bond donors (Lipinski definition) is 3. The Morgan fingerprint density at radius 3 is 2.46 bits per heavy atom. The van der Waals surface area contributed by atoms with Crippen molar-refractivity contribution in [3.05, 3.63) is 63.3 Å². The molecular weight excluding hydrogens is 375 g/mol. The third kappa shape index (κ3) is 3.98. The number of carbonyl (C=O) groups excluding carboxylic acids is 2. The van der Waals surface area contributed by atoms with Crippen LogP contribution in [0.1, 0.15) is 26.4 Å². The summed E-state index contributed by atoms with van der Waals surface area (Å²) in [6, 6.07) is 10.4. The van der Waals surface area contributed by atoms with E-state index in [1.54, 1.807) is 12.1 Å². The van der Waals surface area contributed by atoms with Crippen molar-refractivity contribution in [1.29, 1.82) is 0 Å². The van der Waals surface area contributed by atoms with Gasteiger partial charge in [0.1, 0.15) is 0 Å². The number of aryl methyl sites for hydroxylation is 1. The molecule has 1 heterocycles. The van der Waals surface area contributed by atoms with Crippen molar-refractivity contribution in [2.75, 3.05) is 13.1 Å². The van der Waals surface area contributed by atoms with Crippen LogP contribution in [0.2, 0.25) is 10.0 Å². The molecule has 26 heavy (non-hydrogen) atoms. The molecule has 2 aromatic carbocycles. The summed E-state index contributed by atoms with van der Waals surface area (Å²) in [5.41, 5.74) is 2.58. The molecule has 0 saturated carbocycles. The molecule has 1 aromatic heterocycles. The predicted molar refractivity (Wildman–Crippen MR) is 102 cm³/mol. The Morgan fingerprint density at radius 1 is 1.00 bits per heavy atom. The van der Waals surface area contributed by atoms with Gasteiger partial charge in [0.05, 0.1) is 15.6 Å². The van der Waals surface area contributed by atoms with E-state index < -0.39 is 0 Å². The number of rotatable bonds is 5. The zero-order chi connectivity index (χ0) is 18.7. The number of amides is 2. The van der Waals surface area contributed by atoms with Gasteiger partial charge in [0.25, 0.3) is 11.8 Å². The van der Waals surface area contributed by atoms with E-state index >= 15 is 0 Å². The largest absolute Gasteiger partial charge is 0.350 e. The van der Waals surface area contributed by atoms with Gasteiger partial charge in [-0.3, -0.25) is 14.7 Å². The number of fused-ring (bicyclic) bond motifs is 1. The van der Waals surface area contributed by atoms with Crippen LogP contribution in [0.4, 0.5) is 0 Å². The van der Waals surface area contributed by atoms with Crippen LogP contribution in [0.3, 0.4) is 0 Å². The quantitative estimate of drug-likeness (QED) is 0.583. The Kier molecular flexibility index (Phi) is 5.44. The van der Waals surface area contributed by atoms with Gasteiger partial charge in [-0.05, 0) is 37.3 Å². The van der Waals surface area contributed by atoms with E-state index in [0.29, 0.717) is 21.3 Å². The van der Waals surface area contributed by atoms with Crippen molar-refractivity contribution >= 4 is 45.9 Å². The van der Waals surface area contributed by atoms with Crippen LogP contribution in [0.25, 0.3) is 10.9 Å². The maximum atomic E-state index is 12.3. The highest BCUT2D eigenvalue weighted by atomic mass is 35.5. The lowest BCUT2D eigenvalue weighted by molar-refractivity contribution is 0.0926. The number of nitrogens with zero attached hydrogens (tertiary/aromatic N) is 1. The Bertz CT molecular complexity index is 984. The van der Waals surface area contributed by atoms with Crippen molar-refractivity contribution in [1.82, 2.24) is 20.8 Å². The van der Waals surface area contributed by atoms with Gasteiger partial charge in [-0.2, -0.15) is 5.10 Å². The predicted octanol–water partition coefficient (Wildman–Crippen LogP) is 3.34. The van der Waals surface area contributed by atoms with Crippen molar-refractivity contribution in [3.8, 4) is 0 Å². The molecule has 3 N–H and O–H groups in total. The number of aromatic nitrogens is 2. The summed E-state index contributed by atoms with van der Waals surface area (Å²) in [6.45, 7) is 2.49. The molecule has 2 amide bonds. The van der Waals surface area contributed by atoms with Gasteiger partial charge < -0.3 is 10.6 Å². The van der Waals surface area contributed by atoms with Gasteiger partial charge in [-0.25, -0.2) is 0 Å². The van der Waals surface area contributed by atoms with Crippen molar-refractivity contribution in [3.63, 3.8) is 0 Å². The van der Waals surface area contributed by atoms with E-state index in [4.69, 9.17) is 23.2 Å². The number of benzene rings is 2. The Balaban J connectivity index is 1.54. The standard InChI is InChI=1S/C18H16Cl2N4O2/c1-10-2-5-15-12(8-10)16(24-23-15)18(26)22-7-6-21-17(25)11-3-4-13(19)14(20)9-11/h2-5,8-9H,6-7H2,1H3,(H,21,25)(H,22,26)(H,23,24). The number of nitrogens with one attached hydrogen (secondary N) is 3. The molecule has 0 radical (unpaired) electrons. The van der Waals surface area contributed by atoms with Gasteiger partial charge >= 0.3 is 0 Å². The van der Waals surface area contributed by atoms with Gasteiger partial charge in [-0.15, -0.1) is 0 Å². The summed E-state index contributed by atoms with van der Waals surface area (Å²) in [4.78, 5) is 24.3. The maximum absolute atomic E-state index is 12.3. The highest BCUT2D eigenvalue weighted by molar-refractivity contribution is 6.42. The highest BCUT2D eigenvalue weighted by Gasteiger charge is 2.14. The lowest BCUT2D eigenvalue weighted by atomic mass is 10.1. The highest BCUT2D eigenvalue weighted by Crippen LogP contribution is 2.22. The summed E-state index contributed by atoms with van der Waals surface area (Å²) in [6.07, 6.45) is 0. The normalized spacial score (nSPS) is 10.7. The van der Waals surface area contributed by atoms with E-state index in [2.05, 4.69) is 20.8 Å². The van der Waals surface area contributed by atoms with E-state index in [9.17, 15) is 9.59 Å². The van der Waals surface area contributed by atoms with Crippen molar-refractivity contribution < 1.29 is 9.59 Å². The van der Waals surface area contributed by atoms with E-state index in [-0.39, 0.29) is 24.9 Å². The Morgan fingerprint density at radius 2 is 1.73 bits per heavy atom. The zero-order valence-corrected chi connectivity index (χ0v) is 15.4. The first kappa shape index (κ1) is 18.2. The average molecular weight is 391 g/mol. The lowest BCUT2D eigenvalue weighted by Gasteiger charge is -2.07. The monoisotopic (exact) mass is 390 g/mol. The molecule has 0 unspecified atom stereocenters. The van der Waals surface area contributed by atoms with Gasteiger partial charge in [0.15, 0.2) is 5.69 Å². The molecule has 3 rings (SSSR count). The maximum Gasteiger partial charge on any atom is 0.272 e. The fraction of sp³-hybridized carbons (Fsp3) is 0.167. The fourth-order valence-electron chi connectivity index (χ4n) is 2.48. The van der Waals surface area contributed by atoms with Crippen LogP contribution < -0.4 is 10.6 Å². The second-order valence-corrected chi connectivity index (χ2v) is 6.58. The summed E-state index contributed by atoms with van der Waals surface area (Å²) in [7, 11) is 0. The fourth-order valence-corrected chi connectivity index (χ4v) is 2.77. The minimum Gasteiger partial charge on any atom is -0.350 e. The SMILES string of the molecule is Cc1ccc2[nH]nc(C(=O)NCCNC(=O)c3ccc(Cl)c(Cl)c3)c2c1. The van der Waals surface area contributed by atoms with Gasteiger partial charge in [0, 0.05) is 24.0 Å². The second-order valence-electron chi connectivity index (χ2n) is 5.76. The number of H-pyrrole nitrogens is 1. The van der Waals surface area contributed by atoms with Crippen LogP contribution in [-0.2, 0) is 0 Å². The zero-order valence-electron chi connectivity index (χ0n) is 13.9.